The third-order valence-electron chi connectivity index (χ3n) is 2.89. The monoisotopic (exact) mass is 291 g/mol. The van der Waals surface area contributed by atoms with Gasteiger partial charge in [-0.25, -0.2) is 4.98 Å². The lowest BCUT2D eigenvalue weighted by atomic mass is 10.2. The number of amides is 1. The zero-order valence-electron chi connectivity index (χ0n) is 11.7. The molecule has 2 aromatic heterocycles. The summed E-state index contributed by atoms with van der Waals surface area (Å²) in [6.45, 7) is 5.86. The van der Waals surface area contributed by atoms with Crippen molar-refractivity contribution in [3.63, 3.8) is 0 Å². The highest BCUT2D eigenvalue weighted by molar-refractivity contribution is 7.15. The first-order valence-corrected chi connectivity index (χ1v) is 7.07. The van der Waals surface area contributed by atoms with E-state index in [-0.39, 0.29) is 5.91 Å². The Labute approximate surface area is 121 Å². The number of aromatic nitrogens is 2. The quantitative estimate of drug-likeness (QED) is 0.593. The summed E-state index contributed by atoms with van der Waals surface area (Å²) < 4.78 is 0. The van der Waals surface area contributed by atoms with Crippen LogP contribution in [0.1, 0.15) is 33.5 Å². The number of nitrogens with zero attached hydrogens (tertiary/aromatic N) is 2. The van der Waals surface area contributed by atoms with Crippen molar-refractivity contribution in [2.75, 3.05) is 10.7 Å². The van der Waals surface area contributed by atoms with Crippen LogP contribution in [0, 0.1) is 13.8 Å². The lowest BCUT2D eigenvalue weighted by Crippen LogP contribution is -2.18. The van der Waals surface area contributed by atoms with Crippen molar-refractivity contribution in [3.8, 4) is 0 Å². The highest BCUT2D eigenvalue weighted by atomic mass is 32.1. The van der Waals surface area contributed by atoms with Crippen LogP contribution in [0.25, 0.3) is 0 Å². The maximum Gasteiger partial charge on any atom is 0.261 e. The molecule has 0 bridgehead atoms. The van der Waals surface area contributed by atoms with E-state index >= 15 is 0 Å². The number of pyridine rings is 1. The maximum absolute atomic E-state index is 12.2. The number of carbonyl (C=O) groups excluding carboxylic acids is 1. The van der Waals surface area contributed by atoms with Crippen molar-refractivity contribution in [2.45, 2.75) is 27.2 Å². The normalized spacial score (nSPS) is 10.4. The zero-order valence-corrected chi connectivity index (χ0v) is 12.5. The Kier molecular flexibility index (Phi) is 4.31. The van der Waals surface area contributed by atoms with Gasteiger partial charge in [0.15, 0.2) is 5.13 Å². The average Bonchev–Trinajstić information content (AvgIpc) is 2.78. The standard InChI is InChI=1S/C13H17N5OS/c1-4-10-8(3)20-13(16-10)17-12(19)9-6-15-7(2)5-11(9)18-14/h5-6H,4,14H2,1-3H3,(H,15,18)(H,16,17,19). The number of rotatable bonds is 4. The predicted octanol–water partition coefficient (Wildman–Crippen LogP) is 2.26. The Hall–Kier alpha value is -1.99. The van der Waals surface area contributed by atoms with Gasteiger partial charge in [-0.3, -0.25) is 20.9 Å². The molecule has 0 radical (unpaired) electrons. The van der Waals surface area contributed by atoms with Gasteiger partial charge in [-0.15, -0.1) is 11.3 Å². The number of carbonyl (C=O) groups is 1. The van der Waals surface area contributed by atoms with Gasteiger partial charge in [-0.2, -0.15) is 0 Å². The molecule has 0 atom stereocenters. The maximum atomic E-state index is 12.2. The molecule has 0 spiro atoms. The van der Waals surface area contributed by atoms with Crippen LogP contribution in [0.15, 0.2) is 12.3 Å². The second-order valence-electron chi connectivity index (χ2n) is 4.35. The van der Waals surface area contributed by atoms with Crippen molar-refractivity contribution in [1.82, 2.24) is 9.97 Å². The van der Waals surface area contributed by atoms with Crippen LogP contribution in [0.2, 0.25) is 0 Å². The summed E-state index contributed by atoms with van der Waals surface area (Å²) in [5.41, 5.74) is 5.24. The summed E-state index contributed by atoms with van der Waals surface area (Å²) in [7, 11) is 0. The van der Waals surface area contributed by atoms with E-state index in [4.69, 9.17) is 5.84 Å². The number of nitrogens with two attached hydrogens (primary N) is 1. The van der Waals surface area contributed by atoms with Gasteiger partial charge in [0.1, 0.15) is 0 Å². The van der Waals surface area contributed by atoms with Gasteiger partial charge in [0.05, 0.1) is 16.9 Å². The largest absolute Gasteiger partial charge is 0.323 e. The molecule has 0 aromatic carbocycles. The van der Waals surface area contributed by atoms with Crippen LogP contribution in [0.5, 0.6) is 0 Å². The summed E-state index contributed by atoms with van der Waals surface area (Å²) in [5.74, 6) is 5.15. The smallest absolute Gasteiger partial charge is 0.261 e. The van der Waals surface area contributed by atoms with Gasteiger partial charge in [0.25, 0.3) is 5.91 Å². The van der Waals surface area contributed by atoms with Gasteiger partial charge in [-0.1, -0.05) is 6.92 Å². The van der Waals surface area contributed by atoms with E-state index < -0.39 is 0 Å². The minimum Gasteiger partial charge on any atom is -0.323 e. The highest BCUT2D eigenvalue weighted by Gasteiger charge is 2.14. The third-order valence-corrected chi connectivity index (χ3v) is 3.82. The third kappa shape index (κ3) is 2.94. The Morgan fingerprint density at radius 3 is 2.80 bits per heavy atom. The van der Waals surface area contributed by atoms with Crippen LogP contribution >= 0.6 is 11.3 Å². The molecule has 2 aromatic rings. The van der Waals surface area contributed by atoms with E-state index in [2.05, 4.69) is 20.7 Å². The first-order chi connectivity index (χ1) is 9.55. The lowest BCUT2D eigenvalue weighted by molar-refractivity contribution is 0.102. The van der Waals surface area contributed by atoms with Crippen LogP contribution < -0.4 is 16.6 Å². The fourth-order valence-electron chi connectivity index (χ4n) is 1.83. The summed E-state index contributed by atoms with van der Waals surface area (Å²) in [6.07, 6.45) is 2.35. The Bertz CT molecular complexity index is 638. The van der Waals surface area contributed by atoms with Crippen LogP contribution in [-0.4, -0.2) is 15.9 Å². The number of hydrazine groups is 1. The fourth-order valence-corrected chi connectivity index (χ4v) is 2.73. The number of nitrogen functional groups attached to an aromatic ring is 1. The summed E-state index contributed by atoms with van der Waals surface area (Å²) >= 11 is 1.46. The first-order valence-electron chi connectivity index (χ1n) is 6.26. The molecule has 0 unspecified atom stereocenters. The molecule has 7 heteroatoms. The Morgan fingerprint density at radius 2 is 2.20 bits per heavy atom. The number of hydrogen-bond acceptors (Lipinski definition) is 6. The molecule has 0 saturated carbocycles. The molecular formula is C13H17N5OS. The van der Waals surface area contributed by atoms with Crippen molar-refractivity contribution in [1.29, 1.82) is 0 Å². The van der Waals surface area contributed by atoms with Crippen molar-refractivity contribution < 1.29 is 4.79 Å². The number of anilines is 2. The number of aryl methyl sites for hydroxylation is 3. The molecule has 0 saturated heterocycles. The second kappa shape index (κ2) is 5.98. The molecule has 6 nitrogen and oxygen atoms in total. The Morgan fingerprint density at radius 1 is 1.45 bits per heavy atom. The highest BCUT2D eigenvalue weighted by Crippen LogP contribution is 2.24. The molecule has 20 heavy (non-hydrogen) atoms. The molecule has 0 aliphatic rings. The van der Waals surface area contributed by atoms with Gasteiger partial charge in [0, 0.05) is 16.8 Å². The minimum absolute atomic E-state index is 0.276. The van der Waals surface area contributed by atoms with Crippen LogP contribution in [0.4, 0.5) is 10.8 Å². The first kappa shape index (κ1) is 14.4. The average molecular weight is 291 g/mol. The zero-order chi connectivity index (χ0) is 14.7. The van der Waals surface area contributed by atoms with E-state index in [1.807, 2.05) is 20.8 Å². The van der Waals surface area contributed by atoms with E-state index in [1.165, 1.54) is 17.5 Å². The predicted molar refractivity (Wildman–Crippen MR) is 81.0 cm³/mol. The van der Waals surface area contributed by atoms with E-state index in [0.29, 0.717) is 16.4 Å². The van der Waals surface area contributed by atoms with Crippen LogP contribution in [0.3, 0.4) is 0 Å². The second-order valence-corrected chi connectivity index (χ2v) is 5.55. The number of nitrogens with one attached hydrogen (secondary N) is 2. The van der Waals surface area contributed by atoms with E-state index in [1.54, 1.807) is 6.07 Å². The molecule has 0 fully saturated rings. The molecule has 2 rings (SSSR count). The van der Waals surface area contributed by atoms with E-state index in [9.17, 15) is 4.79 Å². The SMILES string of the molecule is CCc1nc(NC(=O)c2cnc(C)cc2NN)sc1C. The van der Waals surface area contributed by atoms with Crippen LogP contribution in [-0.2, 0) is 6.42 Å². The molecular weight excluding hydrogens is 274 g/mol. The van der Waals surface area contributed by atoms with Crippen molar-refractivity contribution in [2.24, 2.45) is 5.84 Å². The fraction of sp³-hybridized carbons (Fsp3) is 0.308. The van der Waals surface area contributed by atoms with Gasteiger partial charge >= 0.3 is 0 Å². The minimum atomic E-state index is -0.276. The molecule has 1 amide bonds. The van der Waals surface area contributed by atoms with Gasteiger partial charge in [0.2, 0.25) is 0 Å². The molecule has 4 N–H and O–H groups in total. The molecule has 0 aliphatic heterocycles. The van der Waals surface area contributed by atoms with Gasteiger partial charge < -0.3 is 5.43 Å². The lowest BCUT2D eigenvalue weighted by Gasteiger charge is -2.08. The number of hydrogen-bond donors (Lipinski definition) is 3. The summed E-state index contributed by atoms with van der Waals surface area (Å²) in [4.78, 5) is 21.8. The van der Waals surface area contributed by atoms with Gasteiger partial charge in [-0.05, 0) is 26.3 Å². The van der Waals surface area contributed by atoms with Crippen molar-refractivity contribution >= 4 is 28.1 Å². The summed E-state index contributed by atoms with van der Waals surface area (Å²) in [5, 5.41) is 3.37. The number of thiazole rings is 1. The topological polar surface area (TPSA) is 92.9 Å². The molecule has 0 aliphatic carbocycles. The Balaban J connectivity index is 2.23. The molecule has 2 heterocycles. The summed E-state index contributed by atoms with van der Waals surface area (Å²) in [6, 6.07) is 1.72. The van der Waals surface area contributed by atoms with Crippen molar-refractivity contribution in [3.05, 3.63) is 34.1 Å². The molecule has 106 valence electrons. The van der Waals surface area contributed by atoms with E-state index in [0.717, 1.165) is 22.7 Å².